The van der Waals surface area contributed by atoms with Gasteiger partial charge in [0.25, 0.3) is 11.5 Å². The van der Waals surface area contributed by atoms with Crippen LogP contribution in [0.4, 0.5) is 0 Å². The van der Waals surface area contributed by atoms with Gasteiger partial charge in [0.05, 0.1) is 23.2 Å². The molecule has 0 aliphatic carbocycles. The first kappa shape index (κ1) is 18.0. The van der Waals surface area contributed by atoms with Gasteiger partial charge >= 0.3 is 0 Å². The van der Waals surface area contributed by atoms with Gasteiger partial charge in [-0.25, -0.2) is 0 Å². The molecular formula is C19H19N3O3S. The van der Waals surface area contributed by atoms with Gasteiger partial charge in [-0.1, -0.05) is 12.1 Å². The van der Waals surface area contributed by atoms with Crippen molar-refractivity contribution in [3.05, 3.63) is 68.2 Å². The fourth-order valence-corrected chi connectivity index (χ4v) is 3.12. The summed E-state index contributed by atoms with van der Waals surface area (Å²) in [6, 6.07) is 10.5. The van der Waals surface area contributed by atoms with E-state index in [0.29, 0.717) is 16.5 Å². The number of amides is 1. The van der Waals surface area contributed by atoms with Crippen LogP contribution >= 0.6 is 12.2 Å². The molecular weight excluding hydrogens is 350 g/mol. The number of nitrogens with zero attached hydrogens (tertiary/aromatic N) is 1. The van der Waals surface area contributed by atoms with Gasteiger partial charge in [-0.2, -0.15) is 0 Å². The molecule has 0 bridgehead atoms. The molecule has 0 spiro atoms. The van der Waals surface area contributed by atoms with Crippen LogP contribution in [0.25, 0.3) is 16.6 Å². The molecule has 26 heavy (non-hydrogen) atoms. The van der Waals surface area contributed by atoms with Crippen molar-refractivity contribution in [1.29, 1.82) is 0 Å². The van der Waals surface area contributed by atoms with Crippen molar-refractivity contribution in [3.8, 4) is 5.69 Å². The highest BCUT2D eigenvalue weighted by Gasteiger charge is 2.12. The number of benzene rings is 2. The predicted octanol–water partition coefficient (Wildman–Crippen LogP) is 2.39. The van der Waals surface area contributed by atoms with E-state index in [4.69, 9.17) is 17.3 Å². The van der Waals surface area contributed by atoms with Gasteiger partial charge < -0.3 is 15.4 Å². The number of aryl methyl sites for hydroxylation is 1. The summed E-state index contributed by atoms with van der Waals surface area (Å²) in [5, 5.41) is 11.8. The summed E-state index contributed by atoms with van der Waals surface area (Å²) in [6.45, 7) is 3.96. The Morgan fingerprint density at radius 1 is 1.27 bits per heavy atom. The summed E-state index contributed by atoms with van der Waals surface area (Å²) in [4.78, 5) is 28.1. The highest BCUT2D eigenvalue weighted by molar-refractivity contribution is 7.71. The zero-order chi connectivity index (χ0) is 18.8. The van der Waals surface area contributed by atoms with Crippen molar-refractivity contribution < 1.29 is 9.90 Å². The van der Waals surface area contributed by atoms with E-state index in [-0.39, 0.29) is 29.4 Å². The molecule has 134 valence electrons. The zero-order valence-corrected chi connectivity index (χ0v) is 15.3. The van der Waals surface area contributed by atoms with Crippen LogP contribution in [0.15, 0.2) is 41.2 Å². The van der Waals surface area contributed by atoms with Gasteiger partial charge in [-0.3, -0.25) is 14.2 Å². The van der Waals surface area contributed by atoms with Gasteiger partial charge in [0.15, 0.2) is 4.77 Å². The number of hydrogen-bond donors (Lipinski definition) is 3. The van der Waals surface area contributed by atoms with Crippen LogP contribution in [0.1, 0.15) is 21.5 Å². The molecule has 3 aromatic rings. The minimum atomic E-state index is -0.320. The predicted molar refractivity (Wildman–Crippen MR) is 104 cm³/mol. The van der Waals surface area contributed by atoms with Crippen molar-refractivity contribution in [2.45, 2.75) is 13.8 Å². The number of fused-ring (bicyclic) bond motifs is 1. The number of carbonyl (C=O) groups is 1. The van der Waals surface area contributed by atoms with Crippen molar-refractivity contribution in [2.24, 2.45) is 0 Å². The number of aromatic nitrogens is 2. The lowest BCUT2D eigenvalue weighted by Crippen LogP contribution is -2.26. The molecule has 7 heteroatoms. The Hall–Kier alpha value is -2.77. The summed E-state index contributed by atoms with van der Waals surface area (Å²) in [7, 11) is 0. The van der Waals surface area contributed by atoms with E-state index in [9.17, 15) is 9.59 Å². The summed E-state index contributed by atoms with van der Waals surface area (Å²) in [5.41, 5.74) is 3.44. The topological polar surface area (TPSA) is 87.1 Å². The lowest BCUT2D eigenvalue weighted by atomic mass is 10.1. The number of aliphatic hydroxyl groups excluding tert-OH is 1. The quantitative estimate of drug-likeness (QED) is 0.616. The number of H-pyrrole nitrogens is 1. The van der Waals surface area contributed by atoms with Crippen molar-refractivity contribution in [2.75, 3.05) is 13.2 Å². The van der Waals surface area contributed by atoms with E-state index in [1.165, 1.54) is 4.57 Å². The van der Waals surface area contributed by atoms with Crippen LogP contribution in [-0.2, 0) is 0 Å². The SMILES string of the molecule is Cc1cccc(-n2c(=S)[nH]c3cc(C(=O)NCCO)ccc3c2=O)c1C. The standard InChI is InChI=1S/C19H19N3O3S/c1-11-4-3-5-16(12(11)2)22-18(25)14-7-6-13(17(24)20-8-9-23)10-15(14)21-19(22)26/h3-7,10,23H,8-9H2,1-2H3,(H,20,24)(H,21,26). The van der Waals surface area contributed by atoms with Crippen LogP contribution < -0.4 is 10.9 Å². The highest BCUT2D eigenvalue weighted by atomic mass is 32.1. The van der Waals surface area contributed by atoms with E-state index in [2.05, 4.69) is 10.3 Å². The average Bonchev–Trinajstić information content (AvgIpc) is 2.62. The Balaban J connectivity index is 2.18. The minimum Gasteiger partial charge on any atom is -0.395 e. The average molecular weight is 369 g/mol. The lowest BCUT2D eigenvalue weighted by Gasteiger charge is -2.13. The van der Waals surface area contributed by atoms with Crippen LogP contribution in [0.5, 0.6) is 0 Å². The van der Waals surface area contributed by atoms with E-state index >= 15 is 0 Å². The third-order valence-electron chi connectivity index (χ3n) is 4.37. The molecule has 1 amide bonds. The largest absolute Gasteiger partial charge is 0.395 e. The Labute approximate surface area is 155 Å². The number of hydrogen-bond acceptors (Lipinski definition) is 4. The first-order valence-corrected chi connectivity index (χ1v) is 8.59. The van der Waals surface area contributed by atoms with Crippen LogP contribution in [0.3, 0.4) is 0 Å². The Bertz CT molecular complexity index is 1120. The van der Waals surface area contributed by atoms with Crippen molar-refractivity contribution >= 4 is 29.0 Å². The van der Waals surface area contributed by atoms with E-state index in [1.807, 2.05) is 32.0 Å². The van der Waals surface area contributed by atoms with Gasteiger partial charge in [-0.15, -0.1) is 0 Å². The molecule has 3 rings (SSSR count). The highest BCUT2D eigenvalue weighted by Crippen LogP contribution is 2.18. The summed E-state index contributed by atoms with van der Waals surface area (Å²) in [6.07, 6.45) is 0. The molecule has 2 aromatic carbocycles. The van der Waals surface area contributed by atoms with Crippen LogP contribution in [0, 0.1) is 18.6 Å². The molecule has 0 saturated heterocycles. The molecule has 0 saturated carbocycles. The number of nitrogens with one attached hydrogen (secondary N) is 2. The van der Waals surface area contributed by atoms with E-state index in [1.54, 1.807) is 18.2 Å². The van der Waals surface area contributed by atoms with Crippen molar-refractivity contribution in [3.63, 3.8) is 0 Å². The maximum Gasteiger partial charge on any atom is 0.266 e. The first-order chi connectivity index (χ1) is 12.4. The summed E-state index contributed by atoms with van der Waals surface area (Å²) < 4.78 is 1.75. The Morgan fingerprint density at radius 2 is 2.04 bits per heavy atom. The molecule has 0 atom stereocenters. The fourth-order valence-electron chi connectivity index (χ4n) is 2.83. The third kappa shape index (κ3) is 3.18. The molecule has 0 radical (unpaired) electrons. The van der Waals surface area contributed by atoms with Gasteiger partial charge in [-0.05, 0) is 61.5 Å². The Kier molecular flexibility index (Phi) is 5.01. The maximum atomic E-state index is 13.0. The molecule has 3 N–H and O–H groups in total. The van der Waals surface area contributed by atoms with Gasteiger partial charge in [0.1, 0.15) is 0 Å². The molecule has 1 aromatic heterocycles. The molecule has 0 fully saturated rings. The first-order valence-electron chi connectivity index (χ1n) is 8.19. The van der Waals surface area contributed by atoms with Crippen LogP contribution in [-0.4, -0.2) is 33.7 Å². The molecule has 0 aliphatic rings. The van der Waals surface area contributed by atoms with Gasteiger partial charge in [0, 0.05) is 12.1 Å². The fraction of sp³-hybridized carbons (Fsp3) is 0.211. The Morgan fingerprint density at radius 3 is 2.77 bits per heavy atom. The van der Waals surface area contributed by atoms with E-state index < -0.39 is 0 Å². The molecule has 6 nitrogen and oxygen atoms in total. The second-order valence-corrected chi connectivity index (χ2v) is 6.42. The smallest absolute Gasteiger partial charge is 0.266 e. The number of rotatable bonds is 4. The zero-order valence-electron chi connectivity index (χ0n) is 14.5. The summed E-state index contributed by atoms with van der Waals surface area (Å²) in [5.74, 6) is -0.320. The third-order valence-corrected chi connectivity index (χ3v) is 4.66. The number of carbonyl (C=O) groups excluding carboxylic acids is 1. The minimum absolute atomic E-state index is 0.137. The summed E-state index contributed by atoms with van der Waals surface area (Å²) >= 11 is 5.40. The maximum absolute atomic E-state index is 13.0. The van der Waals surface area contributed by atoms with Crippen LogP contribution in [0.2, 0.25) is 0 Å². The van der Waals surface area contributed by atoms with Crippen molar-refractivity contribution in [1.82, 2.24) is 14.9 Å². The van der Waals surface area contributed by atoms with Gasteiger partial charge in [0.2, 0.25) is 0 Å². The number of aromatic amines is 1. The normalized spacial score (nSPS) is 10.9. The second-order valence-electron chi connectivity index (χ2n) is 6.03. The number of aliphatic hydroxyl groups is 1. The molecule has 0 aliphatic heterocycles. The second kappa shape index (κ2) is 7.23. The molecule has 1 heterocycles. The monoisotopic (exact) mass is 369 g/mol. The lowest BCUT2D eigenvalue weighted by molar-refractivity contribution is 0.0945. The molecule has 0 unspecified atom stereocenters. The van der Waals surface area contributed by atoms with E-state index in [0.717, 1.165) is 16.8 Å².